The van der Waals surface area contributed by atoms with Gasteiger partial charge in [0.1, 0.15) is 5.82 Å². The van der Waals surface area contributed by atoms with Crippen LogP contribution in [0.3, 0.4) is 0 Å². The average Bonchev–Trinajstić information content (AvgIpc) is 3.05. The molecule has 4 nitrogen and oxygen atoms in total. The van der Waals surface area contributed by atoms with Crippen molar-refractivity contribution in [2.75, 3.05) is 13.7 Å². The van der Waals surface area contributed by atoms with Crippen molar-refractivity contribution in [1.29, 1.82) is 0 Å². The Balaban J connectivity index is 2.00. The average molecular weight is 377 g/mol. The number of methoxy groups -OCH3 is 1. The van der Waals surface area contributed by atoms with Crippen LogP contribution in [0, 0.1) is 12.7 Å². The largest absolute Gasteiger partial charge is 0.385 e. The molecule has 2 atom stereocenters. The molecule has 0 aromatic heterocycles. The Morgan fingerprint density at radius 1 is 1.08 bits per heavy atom. The summed E-state index contributed by atoms with van der Waals surface area (Å²) < 4.78 is 46.8. The molecule has 0 saturated carbocycles. The quantitative estimate of drug-likeness (QED) is 0.762. The maximum absolute atomic E-state index is 13.4. The highest BCUT2D eigenvalue weighted by Crippen LogP contribution is 2.41. The molecular weight excluding hydrogens is 353 g/mol. The van der Waals surface area contributed by atoms with Crippen molar-refractivity contribution in [3.8, 4) is 0 Å². The fourth-order valence-corrected chi connectivity index (χ4v) is 5.47. The highest BCUT2D eigenvalue weighted by molar-refractivity contribution is 7.89. The predicted octanol–water partition coefficient (Wildman–Crippen LogP) is 4.07. The summed E-state index contributed by atoms with van der Waals surface area (Å²) in [4.78, 5) is 0.291. The molecular formula is C20H24FNO3S. The van der Waals surface area contributed by atoms with Crippen LogP contribution >= 0.6 is 0 Å². The zero-order valence-corrected chi connectivity index (χ0v) is 15.9. The van der Waals surface area contributed by atoms with Gasteiger partial charge in [0.2, 0.25) is 10.0 Å². The van der Waals surface area contributed by atoms with E-state index in [2.05, 4.69) is 0 Å². The number of halogens is 1. The number of sulfonamides is 1. The van der Waals surface area contributed by atoms with Crippen LogP contribution in [0.25, 0.3) is 0 Å². The van der Waals surface area contributed by atoms with Crippen LogP contribution in [0.1, 0.15) is 36.4 Å². The van der Waals surface area contributed by atoms with Gasteiger partial charge in [0.15, 0.2) is 0 Å². The summed E-state index contributed by atoms with van der Waals surface area (Å²) in [6, 6.07) is 12.6. The van der Waals surface area contributed by atoms with E-state index in [1.165, 1.54) is 12.1 Å². The molecule has 1 heterocycles. The maximum atomic E-state index is 13.4. The summed E-state index contributed by atoms with van der Waals surface area (Å²) in [7, 11) is -2.04. The lowest BCUT2D eigenvalue weighted by atomic mass is 10.1. The Hall–Kier alpha value is -1.76. The van der Waals surface area contributed by atoms with E-state index in [1.807, 2.05) is 6.92 Å². The highest BCUT2D eigenvalue weighted by atomic mass is 32.2. The smallest absolute Gasteiger partial charge is 0.243 e. The van der Waals surface area contributed by atoms with E-state index in [0.29, 0.717) is 24.3 Å². The minimum atomic E-state index is -3.66. The van der Waals surface area contributed by atoms with Gasteiger partial charge >= 0.3 is 0 Å². The van der Waals surface area contributed by atoms with Gasteiger partial charge in [-0.05, 0) is 56.0 Å². The van der Waals surface area contributed by atoms with Gasteiger partial charge in [-0.25, -0.2) is 12.8 Å². The molecule has 140 valence electrons. The molecule has 3 rings (SSSR count). The number of hydrogen-bond acceptors (Lipinski definition) is 3. The van der Waals surface area contributed by atoms with E-state index in [0.717, 1.165) is 17.5 Å². The third kappa shape index (κ3) is 3.82. The zero-order valence-electron chi connectivity index (χ0n) is 15.1. The molecule has 1 fully saturated rings. The van der Waals surface area contributed by atoms with Gasteiger partial charge < -0.3 is 4.74 Å². The summed E-state index contributed by atoms with van der Waals surface area (Å²) in [6.45, 7) is 2.43. The van der Waals surface area contributed by atoms with Gasteiger partial charge in [-0.2, -0.15) is 4.31 Å². The monoisotopic (exact) mass is 377 g/mol. The van der Waals surface area contributed by atoms with Gasteiger partial charge in [0.25, 0.3) is 0 Å². The summed E-state index contributed by atoms with van der Waals surface area (Å²) in [5.74, 6) is -0.323. The van der Waals surface area contributed by atoms with Crippen molar-refractivity contribution in [3.63, 3.8) is 0 Å². The van der Waals surface area contributed by atoms with Gasteiger partial charge in [0.05, 0.1) is 10.9 Å². The van der Waals surface area contributed by atoms with Crippen molar-refractivity contribution < 1.29 is 17.5 Å². The van der Waals surface area contributed by atoms with Crippen LogP contribution in [-0.4, -0.2) is 32.5 Å². The lowest BCUT2D eigenvalue weighted by molar-refractivity contribution is 0.170. The summed E-state index contributed by atoms with van der Waals surface area (Å²) in [5.41, 5.74) is 1.83. The number of nitrogens with zero attached hydrogens (tertiary/aromatic N) is 1. The van der Waals surface area contributed by atoms with Gasteiger partial charge in [-0.15, -0.1) is 0 Å². The van der Waals surface area contributed by atoms with Crippen molar-refractivity contribution in [3.05, 3.63) is 65.5 Å². The van der Waals surface area contributed by atoms with E-state index in [4.69, 9.17) is 4.74 Å². The first-order valence-electron chi connectivity index (χ1n) is 8.78. The molecule has 26 heavy (non-hydrogen) atoms. The fourth-order valence-electron chi connectivity index (χ4n) is 3.58. The Morgan fingerprint density at radius 3 is 2.35 bits per heavy atom. The van der Waals surface area contributed by atoms with Crippen LogP contribution in [0.4, 0.5) is 4.39 Å². The van der Waals surface area contributed by atoms with E-state index in [1.54, 1.807) is 47.8 Å². The molecule has 0 amide bonds. The molecule has 0 spiro atoms. The van der Waals surface area contributed by atoms with Crippen LogP contribution in [-0.2, 0) is 14.8 Å². The Labute approximate surface area is 154 Å². The van der Waals surface area contributed by atoms with E-state index < -0.39 is 10.0 Å². The van der Waals surface area contributed by atoms with Crippen LogP contribution < -0.4 is 0 Å². The lowest BCUT2D eigenvalue weighted by Gasteiger charge is -2.30. The minimum absolute atomic E-state index is 0.128. The molecule has 0 N–H and O–H groups in total. The molecule has 0 bridgehead atoms. The first-order valence-corrected chi connectivity index (χ1v) is 10.2. The van der Waals surface area contributed by atoms with Crippen molar-refractivity contribution in [2.45, 2.75) is 43.2 Å². The molecule has 0 radical (unpaired) electrons. The Morgan fingerprint density at radius 2 is 1.73 bits per heavy atom. The Kier molecular flexibility index (Phi) is 5.75. The SMILES string of the molecule is COCCC1CCC(c2ccc(F)cc2)N1S(=O)(=O)c1ccc(C)cc1. The minimum Gasteiger partial charge on any atom is -0.385 e. The molecule has 2 unspecified atom stereocenters. The summed E-state index contributed by atoms with van der Waals surface area (Å²) in [6.07, 6.45) is 2.11. The van der Waals surface area contributed by atoms with Gasteiger partial charge in [-0.1, -0.05) is 29.8 Å². The number of ether oxygens (including phenoxy) is 1. The maximum Gasteiger partial charge on any atom is 0.243 e. The normalized spacial score (nSPS) is 21.2. The fraction of sp³-hybridized carbons (Fsp3) is 0.400. The molecule has 2 aromatic carbocycles. The van der Waals surface area contributed by atoms with Crippen molar-refractivity contribution in [1.82, 2.24) is 4.31 Å². The standard InChI is InChI=1S/C20H24FNO3S/c1-15-3-10-19(11-4-15)26(23,24)22-18(13-14-25-2)9-12-20(22)16-5-7-17(21)8-6-16/h3-8,10-11,18,20H,9,12-14H2,1-2H3. The first kappa shape index (κ1) is 19.0. The van der Waals surface area contributed by atoms with E-state index in [-0.39, 0.29) is 17.9 Å². The molecule has 6 heteroatoms. The summed E-state index contributed by atoms with van der Waals surface area (Å²) in [5, 5.41) is 0. The van der Waals surface area contributed by atoms with Crippen molar-refractivity contribution in [2.24, 2.45) is 0 Å². The number of aryl methyl sites for hydroxylation is 1. The van der Waals surface area contributed by atoms with Crippen LogP contribution in [0.15, 0.2) is 53.4 Å². The second-order valence-corrected chi connectivity index (χ2v) is 8.57. The van der Waals surface area contributed by atoms with Crippen LogP contribution in [0.2, 0.25) is 0 Å². The van der Waals surface area contributed by atoms with Crippen molar-refractivity contribution >= 4 is 10.0 Å². The van der Waals surface area contributed by atoms with Gasteiger partial charge in [-0.3, -0.25) is 0 Å². The first-order chi connectivity index (χ1) is 12.4. The van der Waals surface area contributed by atoms with E-state index >= 15 is 0 Å². The second kappa shape index (κ2) is 7.86. The number of benzene rings is 2. The summed E-state index contributed by atoms with van der Waals surface area (Å²) >= 11 is 0. The Bertz CT molecular complexity index is 834. The molecule has 1 aliphatic heterocycles. The zero-order chi connectivity index (χ0) is 18.7. The third-order valence-corrected chi connectivity index (χ3v) is 6.92. The third-order valence-electron chi connectivity index (χ3n) is 4.95. The number of rotatable bonds is 6. The molecule has 2 aromatic rings. The van der Waals surface area contributed by atoms with Gasteiger partial charge in [0, 0.05) is 19.8 Å². The molecule has 1 aliphatic rings. The van der Waals surface area contributed by atoms with E-state index in [9.17, 15) is 12.8 Å². The second-order valence-electron chi connectivity index (χ2n) is 6.73. The molecule has 1 saturated heterocycles. The topological polar surface area (TPSA) is 46.6 Å². The molecule has 0 aliphatic carbocycles. The number of hydrogen-bond donors (Lipinski definition) is 0. The predicted molar refractivity (Wildman–Crippen MR) is 98.9 cm³/mol. The van der Waals surface area contributed by atoms with Crippen LogP contribution in [0.5, 0.6) is 0 Å². The highest BCUT2D eigenvalue weighted by Gasteiger charge is 2.42. The lowest BCUT2D eigenvalue weighted by Crippen LogP contribution is -2.38.